The van der Waals surface area contributed by atoms with Crippen LogP contribution in [0, 0.1) is 5.41 Å². The van der Waals surface area contributed by atoms with Crippen LogP contribution < -0.4 is 5.32 Å². The molecule has 0 unspecified atom stereocenters. The lowest BCUT2D eigenvalue weighted by Crippen LogP contribution is -2.34. The van der Waals surface area contributed by atoms with Crippen LogP contribution in [0.4, 0.5) is 0 Å². The molecule has 2 N–H and O–H groups in total. The number of benzene rings is 1. The van der Waals surface area contributed by atoms with Crippen LogP contribution in [0.15, 0.2) is 24.3 Å². The second-order valence-corrected chi connectivity index (χ2v) is 6.19. The Bertz CT molecular complexity index is 495. The minimum Gasteiger partial charge on any atom is -0.478 e. The maximum atomic E-state index is 12.1. The molecular formula is C17H25NO3. The van der Waals surface area contributed by atoms with E-state index in [0.717, 1.165) is 12.8 Å². The number of nitrogens with one attached hydrogen (secondary N) is 1. The summed E-state index contributed by atoms with van der Waals surface area (Å²) in [7, 11) is 0. The highest BCUT2D eigenvalue weighted by molar-refractivity contribution is 5.97. The number of hydrogen-bond acceptors (Lipinski definition) is 2. The number of amides is 1. The Balaban J connectivity index is 2.57. The fourth-order valence-corrected chi connectivity index (χ4v) is 2.16. The molecule has 0 fully saturated rings. The number of aromatic carboxylic acids is 1. The molecule has 116 valence electrons. The standard InChI is InChI=1S/C17H25NO3/c1-4-5-6-10-17(2,3)12-18-15(19)13-8-7-9-14(11-13)16(20)21/h7-9,11H,4-6,10,12H2,1-3H3,(H,18,19)(H,20,21). The molecular weight excluding hydrogens is 266 g/mol. The molecule has 4 nitrogen and oxygen atoms in total. The van der Waals surface area contributed by atoms with Crippen molar-refractivity contribution in [3.8, 4) is 0 Å². The zero-order chi connectivity index (χ0) is 15.9. The first-order valence-electron chi connectivity index (χ1n) is 7.47. The van der Waals surface area contributed by atoms with E-state index in [1.54, 1.807) is 12.1 Å². The summed E-state index contributed by atoms with van der Waals surface area (Å²) in [6.45, 7) is 7.03. The van der Waals surface area contributed by atoms with Gasteiger partial charge < -0.3 is 10.4 Å². The third-order valence-corrected chi connectivity index (χ3v) is 3.56. The van der Waals surface area contributed by atoms with Crippen LogP contribution in [0.3, 0.4) is 0 Å². The van der Waals surface area contributed by atoms with Crippen LogP contribution in [0.5, 0.6) is 0 Å². The van der Waals surface area contributed by atoms with E-state index in [0.29, 0.717) is 12.1 Å². The van der Waals surface area contributed by atoms with Gasteiger partial charge in [-0.05, 0) is 30.0 Å². The maximum absolute atomic E-state index is 12.1. The number of hydrogen-bond donors (Lipinski definition) is 2. The lowest BCUT2D eigenvalue weighted by molar-refractivity contribution is 0.0697. The molecule has 1 rings (SSSR count). The molecule has 0 atom stereocenters. The van der Waals surface area contributed by atoms with Crippen molar-refractivity contribution in [3.05, 3.63) is 35.4 Å². The number of unbranched alkanes of at least 4 members (excludes halogenated alkanes) is 2. The normalized spacial score (nSPS) is 11.2. The smallest absolute Gasteiger partial charge is 0.335 e. The number of rotatable bonds is 8. The number of carbonyl (C=O) groups excluding carboxylic acids is 1. The van der Waals surface area contributed by atoms with Gasteiger partial charge in [-0.1, -0.05) is 46.1 Å². The molecule has 0 aliphatic heterocycles. The second-order valence-electron chi connectivity index (χ2n) is 6.19. The van der Waals surface area contributed by atoms with E-state index in [1.807, 2.05) is 0 Å². The van der Waals surface area contributed by atoms with Crippen LogP contribution in [-0.2, 0) is 0 Å². The Hall–Kier alpha value is -1.84. The molecule has 1 aromatic rings. The van der Waals surface area contributed by atoms with Crippen molar-refractivity contribution < 1.29 is 14.7 Å². The van der Waals surface area contributed by atoms with E-state index in [4.69, 9.17) is 5.11 Å². The molecule has 0 heterocycles. The summed E-state index contributed by atoms with van der Waals surface area (Å²) in [4.78, 5) is 23.0. The minimum atomic E-state index is -1.02. The van der Waals surface area contributed by atoms with E-state index < -0.39 is 5.97 Å². The van der Waals surface area contributed by atoms with Crippen LogP contribution in [0.25, 0.3) is 0 Å². The van der Waals surface area contributed by atoms with Gasteiger partial charge in [-0.15, -0.1) is 0 Å². The zero-order valence-electron chi connectivity index (χ0n) is 13.1. The van der Waals surface area contributed by atoms with E-state index in [1.165, 1.54) is 25.0 Å². The van der Waals surface area contributed by atoms with Gasteiger partial charge in [0.15, 0.2) is 0 Å². The fourth-order valence-electron chi connectivity index (χ4n) is 2.16. The van der Waals surface area contributed by atoms with Crippen molar-refractivity contribution in [3.63, 3.8) is 0 Å². The molecule has 0 saturated heterocycles. The zero-order valence-corrected chi connectivity index (χ0v) is 13.1. The highest BCUT2D eigenvalue weighted by Gasteiger charge is 2.19. The second kappa shape index (κ2) is 7.81. The van der Waals surface area contributed by atoms with Gasteiger partial charge in [0, 0.05) is 12.1 Å². The van der Waals surface area contributed by atoms with Gasteiger partial charge in [-0.25, -0.2) is 4.79 Å². The molecule has 4 heteroatoms. The predicted octanol–water partition coefficient (Wildman–Crippen LogP) is 3.72. The van der Waals surface area contributed by atoms with Crippen molar-refractivity contribution in [2.24, 2.45) is 5.41 Å². The van der Waals surface area contributed by atoms with Crippen molar-refractivity contribution in [2.75, 3.05) is 6.54 Å². The molecule has 0 saturated carbocycles. The van der Waals surface area contributed by atoms with E-state index in [9.17, 15) is 9.59 Å². The summed E-state index contributed by atoms with van der Waals surface area (Å²) in [5, 5.41) is 11.8. The molecule has 0 aromatic heterocycles. The molecule has 0 bridgehead atoms. The highest BCUT2D eigenvalue weighted by Crippen LogP contribution is 2.22. The number of carboxylic acids is 1. The molecule has 0 radical (unpaired) electrons. The Kier molecular flexibility index (Phi) is 6.40. The van der Waals surface area contributed by atoms with Crippen molar-refractivity contribution in [2.45, 2.75) is 46.5 Å². The highest BCUT2D eigenvalue weighted by atomic mass is 16.4. The molecule has 0 spiro atoms. The Morgan fingerprint density at radius 2 is 1.86 bits per heavy atom. The average Bonchev–Trinajstić information content (AvgIpc) is 2.45. The van der Waals surface area contributed by atoms with E-state index >= 15 is 0 Å². The summed E-state index contributed by atoms with van der Waals surface area (Å²) < 4.78 is 0. The van der Waals surface area contributed by atoms with Gasteiger partial charge in [0.05, 0.1) is 5.56 Å². The first-order valence-corrected chi connectivity index (χ1v) is 7.47. The van der Waals surface area contributed by atoms with Gasteiger partial charge in [-0.2, -0.15) is 0 Å². The van der Waals surface area contributed by atoms with Crippen molar-refractivity contribution >= 4 is 11.9 Å². The first kappa shape index (κ1) is 17.2. The summed E-state index contributed by atoms with van der Waals surface area (Å²) >= 11 is 0. The van der Waals surface area contributed by atoms with Crippen LogP contribution in [-0.4, -0.2) is 23.5 Å². The summed E-state index contributed by atoms with van der Waals surface area (Å²) in [5.74, 6) is -1.24. The molecule has 1 aromatic carbocycles. The van der Waals surface area contributed by atoms with Crippen LogP contribution >= 0.6 is 0 Å². The van der Waals surface area contributed by atoms with E-state index in [2.05, 4.69) is 26.1 Å². The molecule has 0 aliphatic rings. The van der Waals surface area contributed by atoms with Crippen molar-refractivity contribution in [1.29, 1.82) is 0 Å². The molecule has 1 amide bonds. The topological polar surface area (TPSA) is 66.4 Å². The first-order chi connectivity index (χ1) is 9.85. The Morgan fingerprint density at radius 3 is 2.48 bits per heavy atom. The van der Waals surface area contributed by atoms with Crippen molar-refractivity contribution in [1.82, 2.24) is 5.32 Å². The quantitative estimate of drug-likeness (QED) is 0.717. The van der Waals surface area contributed by atoms with Crippen LogP contribution in [0.2, 0.25) is 0 Å². The minimum absolute atomic E-state index is 0.0508. The van der Waals surface area contributed by atoms with Crippen LogP contribution in [0.1, 0.15) is 67.2 Å². The summed E-state index contributed by atoms with van der Waals surface area (Å²) in [5.41, 5.74) is 0.569. The molecule has 21 heavy (non-hydrogen) atoms. The number of carbonyl (C=O) groups is 2. The maximum Gasteiger partial charge on any atom is 0.335 e. The monoisotopic (exact) mass is 291 g/mol. The lowest BCUT2D eigenvalue weighted by atomic mass is 9.87. The fraction of sp³-hybridized carbons (Fsp3) is 0.529. The third kappa shape index (κ3) is 5.98. The predicted molar refractivity (Wildman–Crippen MR) is 83.7 cm³/mol. The number of carboxylic acid groups (broad SMARTS) is 1. The van der Waals surface area contributed by atoms with Gasteiger partial charge in [0.2, 0.25) is 0 Å². The molecule has 0 aliphatic carbocycles. The average molecular weight is 291 g/mol. The largest absolute Gasteiger partial charge is 0.478 e. The van der Waals surface area contributed by atoms with Gasteiger partial charge in [0.1, 0.15) is 0 Å². The van der Waals surface area contributed by atoms with Gasteiger partial charge in [0.25, 0.3) is 5.91 Å². The van der Waals surface area contributed by atoms with Gasteiger partial charge in [-0.3, -0.25) is 4.79 Å². The lowest BCUT2D eigenvalue weighted by Gasteiger charge is -2.25. The Labute approximate surface area is 126 Å². The summed E-state index contributed by atoms with van der Waals surface area (Å²) in [6.07, 6.45) is 4.62. The Morgan fingerprint density at radius 1 is 1.19 bits per heavy atom. The SMILES string of the molecule is CCCCCC(C)(C)CNC(=O)c1cccc(C(=O)O)c1. The van der Waals surface area contributed by atoms with E-state index in [-0.39, 0.29) is 16.9 Å². The van der Waals surface area contributed by atoms with Gasteiger partial charge >= 0.3 is 5.97 Å². The summed E-state index contributed by atoms with van der Waals surface area (Å²) in [6, 6.07) is 6.10. The third-order valence-electron chi connectivity index (χ3n) is 3.56.